The molecule has 1 aromatic heterocycles. The average Bonchev–Trinajstić information content (AvgIpc) is 2.97. The summed E-state index contributed by atoms with van der Waals surface area (Å²) in [5.74, 6) is 0. The number of thiophene rings is 1. The van der Waals surface area contributed by atoms with Crippen molar-refractivity contribution in [2.24, 2.45) is 0 Å². The van der Waals surface area contributed by atoms with Crippen LogP contribution in [0.3, 0.4) is 0 Å². The van der Waals surface area contributed by atoms with Gasteiger partial charge in [-0.2, -0.15) is 4.31 Å². The van der Waals surface area contributed by atoms with Crippen LogP contribution < -0.4 is 0 Å². The summed E-state index contributed by atoms with van der Waals surface area (Å²) in [6.07, 6.45) is 0.818. The molecule has 0 aliphatic rings. The molecule has 0 fully saturated rings. The first-order valence-corrected chi connectivity index (χ1v) is 9.07. The Kier molecular flexibility index (Phi) is 5.52. The summed E-state index contributed by atoms with van der Waals surface area (Å²) >= 11 is 1.29. The van der Waals surface area contributed by atoms with Crippen LogP contribution in [-0.2, 0) is 23.0 Å². The van der Waals surface area contributed by atoms with Crippen molar-refractivity contribution in [2.75, 3.05) is 13.2 Å². The van der Waals surface area contributed by atoms with Crippen LogP contribution in [0.2, 0.25) is 0 Å². The average molecular weight is 325 g/mol. The van der Waals surface area contributed by atoms with Gasteiger partial charge < -0.3 is 5.11 Å². The molecule has 0 unspecified atom stereocenters. The first-order chi connectivity index (χ1) is 10.1. The molecule has 0 atom stereocenters. The van der Waals surface area contributed by atoms with Crippen LogP contribution >= 0.6 is 11.3 Å². The first-order valence-electron chi connectivity index (χ1n) is 6.81. The number of rotatable bonds is 7. The van der Waals surface area contributed by atoms with Gasteiger partial charge in [0.25, 0.3) is 10.0 Å². The SMILES string of the molecule is CCc1ccc(S(=O)(=O)N(CCO)Cc2ccccc2)s1. The number of aliphatic hydroxyl groups is 1. The van der Waals surface area contributed by atoms with E-state index < -0.39 is 10.0 Å². The highest BCUT2D eigenvalue weighted by atomic mass is 32.2. The van der Waals surface area contributed by atoms with Crippen LogP contribution in [0.1, 0.15) is 17.4 Å². The van der Waals surface area contributed by atoms with Gasteiger partial charge in [-0.15, -0.1) is 11.3 Å². The van der Waals surface area contributed by atoms with E-state index in [9.17, 15) is 13.5 Å². The smallest absolute Gasteiger partial charge is 0.252 e. The quantitative estimate of drug-likeness (QED) is 0.851. The van der Waals surface area contributed by atoms with Crippen LogP contribution in [0.5, 0.6) is 0 Å². The zero-order chi connectivity index (χ0) is 15.3. The second kappa shape index (κ2) is 7.17. The van der Waals surface area contributed by atoms with Crippen molar-refractivity contribution >= 4 is 21.4 Å². The Bertz CT molecular complexity index is 665. The predicted octanol–water partition coefficient (Wildman–Crippen LogP) is 2.49. The lowest BCUT2D eigenvalue weighted by Crippen LogP contribution is -2.32. The van der Waals surface area contributed by atoms with Crippen molar-refractivity contribution < 1.29 is 13.5 Å². The maximum atomic E-state index is 12.7. The second-order valence-corrected chi connectivity index (χ2v) is 7.96. The van der Waals surface area contributed by atoms with E-state index in [1.807, 2.05) is 43.3 Å². The third kappa shape index (κ3) is 3.91. The Balaban J connectivity index is 2.27. The van der Waals surface area contributed by atoms with E-state index in [0.717, 1.165) is 16.9 Å². The van der Waals surface area contributed by atoms with E-state index in [1.165, 1.54) is 15.6 Å². The Labute approximate surface area is 129 Å². The summed E-state index contributed by atoms with van der Waals surface area (Å²) in [5.41, 5.74) is 0.904. The van der Waals surface area contributed by atoms with E-state index in [4.69, 9.17) is 0 Å². The van der Waals surface area contributed by atoms with Crippen molar-refractivity contribution in [1.29, 1.82) is 0 Å². The van der Waals surface area contributed by atoms with Crippen LogP contribution in [0, 0.1) is 0 Å². The third-order valence-electron chi connectivity index (χ3n) is 3.13. The molecular weight excluding hydrogens is 306 g/mol. The predicted molar refractivity (Wildman–Crippen MR) is 84.8 cm³/mol. The molecule has 2 aromatic rings. The fraction of sp³-hybridized carbons (Fsp3) is 0.333. The van der Waals surface area contributed by atoms with E-state index in [0.29, 0.717) is 4.21 Å². The standard InChI is InChI=1S/C15H19NO3S2/c1-2-14-8-9-15(20-14)21(18,19)16(10-11-17)12-13-6-4-3-5-7-13/h3-9,17H,2,10-12H2,1H3. The number of benzene rings is 1. The molecule has 114 valence electrons. The van der Waals surface area contributed by atoms with E-state index in [-0.39, 0.29) is 19.7 Å². The molecule has 1 heterocycles. The van der Waals surface area contributed by atoms with Crippen molar-refractivity contribution in [1.82, 2.24) is 4.31 Å². The molecule has 0 spiro atoms. The first kappa shape index (κ1) is 16.2. The van der Waals surface area contributed by atoms with Crippen LogP contribution in [0.4, 0.5) is 0 Å². The van der Waals surface area contributed by atoms with Gasteiger partial charge in [0.15, 0.2) is 0 Å². The highest BCUT2D eigenvalue weighted by molar-refractivity contribution is 7.91. The summed E-state index contributed by atoms with van der Waals surface area (Å²) < 4.78 is 27.0. The molecule has 0 aliphatic heterocycles. The minimum absolute atomic E-state index is 0.0938. The van der Waals surface area contributed by atoms with Gasteiger partial charge in [0.05, 0.1) is 6.61 Å². The molecule has 0 bridgehead atoms. The van der Waals surface area contributed by atoms with Gasteiger partial charge in [-0.25, -0.2) is 8.42 Å². The van der Waals surface area contributed by atoms with Gasteiger partial charge in [0, 0.05) is 18.0 Å². The van der Waals surface area contributed by atoms with Gasteiger partial charge in [0.1, 0.15) is 4.21 Å². The Hall–Kier alpha value is -1.21. The number of hydrogen-bond donors (Lipinski definition) is 1. The molecule has 21 heavy (non-hydrogen) atoms. The number of aryl methyl sites for hydroxylation is 1. The number of aliphatic hydroxyl groups excluding tert-OH is 1. The Morgan fingerprint density at radius 3 is 2.43 bits per heavy atom. The molecule has 0 amide bonds. The number of sulfonamides is 1. The fourth-order valence-electron chi connectivity index (χ4n) is 2.00. The van der Waals surface area contributed by atoms with Gasteiger partial charge in [-0.3, -0.25) is 0 Å². The minimum atomic E-state index is -3.56. The van der Waals surface area contributed by atoms with Gasteiger partial charge in [-0.1, -0.05) is 37.3 Å². The molecule has 4 nitrogen and oxygen atoms in total. The summed E-state index contributed by atoms with van der Waals surface area (Å²) in [5, 5.41) is 9.17. The second-order valence-electron chi connectivity index (χ2n) is 4.62. The summed E-state index contributed by atoms with van der Waals surface area (Å²) in [6, 6.07) is 12.9. The normalized spacial score (nSPS) is 12.0. The molecule has 0 aliphatic carbocycles. The van der Waals surface area contributed by atoms with Crippen molar-refractivity contribution in [2.45, 2.75) is 24.1 Å². The molecule has 1 aromatic carbocycles. The molecule has 2 rings (SSSR count). The molecule has 0 saturated heterocycles. The minimum Gasteiger partial charge on any atom is -0.395 e. The van der Waals surface area contributed by atoms with Gasteiger partial charge in [0.2, 0.25) is 0 Å². The summed E-state index contributed by atoms with van der Waals surface area (Å²) in [4.78, 5) is 1.04. The van der Waals surface area contributed by atoms with Gasteiger partial charge in [-0.05, 0) is 24.1 Å². The van der Waals surface area contributed by atoms with Crippen LogP contribution in [-0.4, -0.2) is 31.0 Å². The maximum Gasteiger partial charge on any atom is 0.252 e. The highest BCUT2D eigenvalue weighted by Crippen LogP contribution is 2.26. The van der Waals surface area contributed by atoms with Gasteiger partial charge >= 0.3 is 0 Å². The van der Waals surface area contributed by atoms with Crippen LogP contribution in [0.25, 0.3) is 0 Å². The molecule has 6 heteroatoms. The Morgan fingerprint density at radius 2 is 1.86 bits per heavy atom. The summed E-state index contributed by atoms with van der Waals surface area (Å²) in [6.45, 7) is 2.16. The lowest BCUT2D eigenvalue weighted by atomic mass is 10.2. The number of hydrogen-bond acceptors (Lipinski definition) is 4. The van der Waals surface area contributed by atoms with Crippen molar-refractivity contribution in [3.63, 3.8) is 0 Å². The van der Waals surface area contributed by atoms with E-state index in [1.54, 1.807) is 6.07 Å². The van der Waals surface area contributed by atoms with Crippen molar-refractivity contribution in [3.8, 4) is 0 Å². The zero-order valence-electron chi connectivity index (χ0n) is 11.9. The molecular formula is C15H19NO3S2. The fourth-order valence-corrected chi connectivity index (χ4v) is 4.87. The molecule has 0 radical (unpaired) electrons. The molecule has 0 saturated carbocycles. The van der Waals surface area contributed by atoms with E-state index >= 15 is 0 Å². The third-order valence-corrected chi connectivity index (χ3v) is 6.67. The Morgan fingerprint density at radius 1 is 1.14 bits per heavy atom. The van der Waals surface area contributed by atoms with E-state index in [2.05, 4.69) is 0 Å². The maximum absolute atomic E-state index is 12.7. The largest absolute Gasteiger partial charge is 0.395 e. The van der Waals surface area contributed by atoms with Crippen molar-refractivity contribution in [3.05, 3.63) is 52.9 Å². The summed E-state index contributed by atoms with van der Waals surface area (Å²) in [7, 11) is -3.56. The number of nitrogens with zero attached hydrogens (tertiary/aromatic N) is 1. The lowest BCUT2D eigenvalue weighted by Gasteiger charge is -2.20. The highest BCUT2D eigenvalue weighted by Gasteiger charge is 2.25. The van der Waals surface area contributed by atoms with Crippen LogP contribution in [0.15, 0.2) is 46.7 Å². The monoisotopic (exact) mass is 325 g/mol. The topological polar surface area (TPSA) is 57.6 Å². The molecule has 1 N–H and O–H groups in total. The lowest BCUT2D eigenvalue weighted by molar-refractivity contribution is 0.251. The zero-order valence-corrected chi connectivity index (χ0v) is 13.5.